The maximum absolute atomic E-state index is 12.3. The molecule has 1 aromatic carbocycles. The molecule has 1 saturated heterocycles. The summed E-state index contributed by atoms with van der Waals surface area (Å²) in [5.74, 6) is 0.427. The minimum absolute atomic E-state index is 0.0116. The number of hydrogen-bond acceptors (Lipinski definition) is 4. The summed E-state index contributed by atoms with van der Waals surface area (Å²) in [6, 6.07) is 5.48. The zero-order chi connectivity index (χ0) is 13.2. The zero-order valence-corrected chi connectivity index (χ0v) is 11.2. The van der Waals surface area contributed by atoms with Gasteiger partial charge in [0, 0.05) is 24.6 Å². The van der Waals surface area contributed by atoms with E-state index in [4.69, 9.17) is 5.11 Å². The van der Waals surface area contributed by atoms with Crippen LogP contribution >= 0.6 is 11.8 Å². The van der Waals surface area contributed by atoms with Crippen LogP contribution in [0.25, 0.3) is 0 Å². The largest absolute Gasteiger partial charge is 0.478 e. The minimum atomic E-state index is -3.56. The maximum Gasteiger partial charge on any atom is 0.335 e. The van der Waals surface area contributed by atoms with Crippen molar-refractivity contribution in [3.63, 3.8) is 0 Å². The van der Waals surface area contributed by atoms with Crippen LogP contribution in [-0.2, 0) is 10.0 Å². The lowest BCUT2D eigenvalue weighted by Gasteiger charge is -2.25. The Kier molecular flexibility index (Phi) is 3.94. The van der Waals surface area contributed by atoms with Crippen molar-refractivity contribution in [3.05, 3.63) is 29.8 Å². The SMILES string of the molecule is O=C(O)c1cccc(S(=O)(=O)N2CCSCC2)c1. The van der Waals surface area contributed by atoms with Crippen LogP contribution in [-0.4, -0.2) is 48.4 Å². The number of thioether (sulfide) groups is 1. The maximum atomic E-state index is 12.3. The fourth-order valence-corrected chi connectivity index (χ4v) is 4.35. The highest BCUT2D eigenvalue weighted by atomic mass is 32.2. The predicted molar refractivity (Wildman–Crippen MR) is 69.5 cm³/mol. The number of aromatic carboxylic acids is 1. The number of sulfonamides is 1. The lowest BCUT2D eigenvalue weighted by atomic mass is 10.2. The molecule has 98 valence electrons. The fourth-order valence-electron chi connectivity index (χ4n) is 1.73. The van der Waals surface area contributed by atoms with Crippen LogP contribution in [0, 0.1) is 0 Å². The standard InChI is InChI=1S/C11H13NO4S2/c13-11(14)9-2-1-3-10(8-9)18(15,16)12-4-6-17-7-5-12/h1-3,8H,4-7H2,(H,13,14). The number of carbonyl (C=O) groups is 1. The molecule has 0 radical (unpaired) electrons. The molecule has 2 rings (SSSR count). The van der Waals surface area contributed by atoms with Gasteiger partial charge < -0.3 is 5.11 Å². The van der Waals surface area contributed by atoms with Crippen molar-refractivity contribution in [1.29, 1.82) is 0 Å². The van der Waals surface area contributed by atoms with Crippen LogP contribution < -0.4 is 0 Å². The van der Waals surface area contributed by atoms with Crippen molar-refractivity contribution in [3.8, 4) is 0 Å². The van der Waals surface area contributed by atoms with E-state index in [0.717, 1.165) is 11.5 Å². The molecule has 0 bridgehead atoms. The van der Waals surface area contributed by atoms with E-state index in [1.165, 1.54) is 28.6 Å². The summed E-state index contributed by atoms with van der Waals surface area (Å²) in [6.07, 6.45) is 0. The van der Waals surface area contributed by atoms with E-state index in [-0.39, 0.29) is 10.5 Å². The quantitative estimate of drug-likeness (QED) is 0.901. The molecule has 1 aliphatic heterocycles. The highest BCUT2D eigenvalue weighted by Gasteiger charge is 2.26. The third-order valence-corrected chi connectivity index (χ3v) is 5.53. The van der Waals surface area contributed by atoms with Gasteiger partial charge in [0.25, 0.3) is 0 Å². The first-order valence-corrected chi connectivity index (χ1v) is 8.02. The third-order valence-electron chi connectivity index (χ3n) is 2.69. The van der Waals surface area contributed by atoms with Gasteiger partial charge >= 0.3 is 5.97 Å². The number of carboxylic acids is 1. The van der Waals surface area contributed by atoms with Crippen molar-refractivity contribution >= 4 is 27.8 Å². The molecule has 1 fully saturated rings. The summed E-state index contributed by atoms with van der Waals surface area (Å²) in [5, 5.41) is 8.87. The van der Waals surface area contributed by atoms with E-state index in [9.17, 15) is 13.2 Å². The van der Waals surface area contributed by atoms with E-state index in [2.05, 4.69) is 0 Å². The van der Waals surface area contributed by atoms with E-state index >= 15 is 0 Å². The second-order valence-corrected chi connectivity index (χ2v) is 7.01. The summed E-state index contributed by atoms with van der Waals surface area (Å²) in [4.78, 5) is 10.9. The second-order valence-electron chi connectivity index (χ2n) is 3.85. The van der Waals surface area contributed by atoms with E-state index < -0.39 is 16.0 Å². The van der Waals surface area contributed by atoms with Crippen LogP contribution in [0.1, 0.15) is 10.4 Å². The molecule has 0 unspecified atom stereocenters. The lowest BCUT2D eigenvalue weighted by Crippen LogP contribution is -2.37. The average molecular weight is 287 g/mol. The summed E-state index contributed by atoms with van der Waals surface area (Å²) in [5.41, 5.74) is -0.0116. The molecule has 5 nitrogen and oxygen atoms in total. The normalized spacial score (nSPS) is 17.6. The number of hydrogen-bond donors (Lipinski definition) is 1. The van der Waals surface area contributed by atoms with Crippen molar-refractivity contribution in [1.82, 2.24) is 4.31 Å². The smallest absolute Gasteiger partial charge is 0.335 e. The second kappa shape index (κ2) is 5.29. The molecule has 1 N–H and O–H groups in total. The molecule has 7 heteroatoms. The first-order valence-electron chi connectivity index (χ1n) is 5.43. The lowest BCUT2D eigenvalue weighted by molar-refractivity contribution is 0.0696. The van der Waals surface area contributed by atoms with Gasteiger partial charge in [0.2, 0.25) is 10.0 Å². The third kappa shape index (κ3) is 2.68. The Labute approximate surface area is 110 Å². The van der Waals surface area contributed by atoms with E-state index in [0.29, 0.717) is 13.1 Å². The van der Waals surface area contributed by atoms with Crippen LogP contribution in [0.3, 0.4) is 0 Å². The Balaban J connectivity index is 2.34. The molecule has 0 spiro atoms. The zero-order valence-electron chi connectivity index (χ0n) is 9.57. The van der Waals surface area contributed by atoms with Gasteiger partial charge in [-0.15, -0.1) is 0 Å². The molecular weight excluding hydrogens is 274 g/mol. The molecule has 0 atom stereocenters. The van der Waals surface area contributed by atoms with Crippen LogP contribution in [0.4, 0.5) is 0 Å². The van der Waals surface area contributed by atoms with Crippen LogP contribution in [0.2, 0.25) is 0 Å². The summed E-state index contributed by atoms with van der Waals surface area (Å²) in [7, 11) is -3.56. The predicted octanol–water partition coefficient (Wildman–Crippen LogP) is 1.12. The summed E-state index contributed by atoms with van der Waals surface area (Å²) < 4.78 is 26.0. The van der Waals surface area contributed by atoms with Crippen molar-refractivity contribution in [2.45, 2.75) is 4.90 Å². The summed E-state index contributed by atoms with van der Waals surface area (Å²) in [6.45, 7) is 0.953. The molecule has 1 aliphatic rings. The molecule has 1 aromatic rings. The fraction of sp³-hybridized carbons (Fsp3) is 0.364. The van der Waals surface area contributed by atoms with Crippen LogP contribution in [0.15, 0.2) is 29.2 Å². The van der Waals surface area contributed by atoms with Gasteiger partial charge in [-0.25, -0.2) is 13.2 Å². The molecule has 0 saturated carbocycles. The Morgan fingerprint density at radius 3 is 2.56 bits per heavy atom. The topological polar surface area (TPSA) is 74.7 Å². The first kappa shape index (κ1) is 13.4. The summed E-state index contributed by atoms with van der Waals surface area (Å²) >= 11 is 1.72. The molecule has 1 heterocycles. The highest BCUT2D eigenvalue weighted by molar-refractivity contribution is 7.99. The van der Waals surface area contributed by atoms with Gasteiger partial charge in [-0.2, -0.15) is 16.1 Å². The Hall–Kier alpha value is -1.05. The van der Waals surface area contributed by atoms with Gasteiger partial charge in [-0.05, 0) is 18.2 Å². The average Bonchev–Trinajstić information content (AvgIpc) is 2.40. The molecular formula is C11H13NO4S2. The number of carboxylic acid groups (broad SMARTS) is 1. The van der Waals surface area contributed by atoms with Gasteiger partial charge in [0.15, 0.2) is 0 Å². The number of nitrogens with zero attached hydrogens (tertiary/aromatic N) is 1. The molecule has 0 aliphatic carbocycles. The van der Waals surface area contributed by atoms with Gasteiger partial charge in [0.05, 0.1) is 10.5 Å². The van der Waals surface area contributed by atoms with E-state index in [1.807, 2.05) is 0 Å². The first-order chi connectivity index (χ1) is 8.51. The Bertz CT molecular complexity index is 550. The Morgan fingerprint density at radius 1 is 1.28 bits per heavy atom. The number of rotatable bonds is 3. The van der Waals surface area contributed by atoms with Gasteiger partial charge in [-0.3, -0.25) is 0 Å². The molecule has 18 heavy (non-hydrogen) atoms. The molecule has 0 aromatic heterocycles. The molecule has 0 amide bonds. The van der Waals surface area contributed by atoms with Crippen molar-refractivity contribution in [2.24, 2.45) is 0 Å². The van der Waals surface area contributed by atoms with Crippen molar-refractivity contribution in [2.75, 3.05) is 24.6 Å². The highest BCUT2D eigenvalue weighted by Crippen LogP contribution is 2.20. The van der Waals surface area contributed by atoms with Crippen molar-refractivity contribution < 1.29 is 18.3 Å². The number of benzene rings is 1. The van der Waals surface area contributed by atoms with Crippen LogP contribution in [0.5, 0.6) is 0 Å². The monoisotopic (exact) mass is 287 g/mol. The minimum Gasteiger partial charge on any atom is -0.478 e. The van der Waals surface area contributed by atoms with E-state index in [1.54, 1.807) is 11.8 Å². The Morgan fingerprint density at radius 2 is 1.94 bits per heavy atom. The van der Waals surface area contributed by atoms with Gasteiger partial charge in [0.1, 0.15) is 0 Å². The van der Waals surface area contributed by atoms with Gasteiger partial charge in [-0.1, -0.05) is 6.07 Å².